The summed E-state index contributed by atoms with van der Waals surface area (Å²) in [5.41, 5.74) is 1.21. The van der Waals surface area contributed by atoms with Gasteiger partial charge in [-0.25, -0.2) is 0 Å². The Hall–Kier alpha value is -1.64. The highest BCUT2D eigenvalue weighted by molar-refractivity contribution is 8.26. The topological polar surface area (TPSA) is 54.8 Å². The fourth-order valence-corrected chi connectivity index (χ4v) is 5.67. The van der Waals surface area contributed by atoms with Crippen LogP contribution in [-0.4, -0.2) is 57.4 Å². The molecule has 0 aromatic carbocycles. The fourth-order valence-electron chi connectivity index (χ4n) is 4.36. The van der Waals surface area contributed by atoms with E-state index in [1.165, 1.54) is 11.8 Å². The van der Waals surface area contributed by atoms with Crippen molar-refractivity contribution >= 4 is 34.2 Å². The van der Waals surface area contributed by atoms with Crippen LogP contribution in [0, 0.1) is 5.92 Å². The molecule has 3 aliphatic heterocycles. The van der Waals surface area contributed by atoms with Gasteiger partial charge in [0.15, 0.2) is 0 Å². The van der Waals surface area contributed by atoms with Gasteiger partial charge in [0.1, 0.15) is 4.32 Å². The van der Waals surface area contributed by atoms with E-state index in [0.29, 0.717) is 40.8 Å². The van der Waals surface area contributed by atoms with Crippen LogP contribution in [0.4, 0.5) is 0 Å². The number of ether oxygens (including phenoxy) is 1. The van der Waals surface area contributed by atoms with Crippen molar-refractivity contribution in [3.8, 4) is 0 Å². The van der Waals surface area contributed by atoms with Gasteiger partial charge in [0, 0.05) is 63.3 Å². The summed E-state index contributed by atoms with van der Waals surface area (Å²) in [4.78, 5) is 29.6. The van der Waals surface area contributed by atoms with Gasteiger partial charge in [-0.3, -0.25) is 14.5 Å². The minimum atomic E-state index is -0.00106. The molecule has 0 N–H and O–H groups in total. The predicted octanol–water partition coefficient (Wildman–Crippen LogP) is 2.40. The quantitative estimate of drug-likeness (QED) is 0.401. The average molecular weight is 420 g/mol. The second-order valence-electron chi connectivity index (χ2n) is 7.52. The van der Waals surface area contributed by atoms with Crippen molar-refractivity contribution < 1.29 is 9.53 Å². The second-order valence-corrected chi connectivity index (χ2v) is 9.20. The van der Waals surface area contributed by atoms with E-state index >= 15 is 0 Å². The fraction of sp³-hybridized carbons (Fsp3) is 0.550. The maximum absolute atomic E-state index is 12.8. The molecule has 0 saturated carbocycles. The largest absolute Gasteiger partial charge is 0.382 e. The summed E-state index contributed by atoms with van der Waals surface area (Å²) in [6.07, 6.45) is 3.87. The molecule has 4 heterocycles. The third-order valence-electron chi connectivity index (χ3n) is 5.56. The van der Waals surface area contributed by atoms with Crippen LogP contribution in [0.15, 0.2) is 34.1 Å². The van der Waals surface area contributed by atoms with E-state index in [1.54, 1.807) is 11.0 Å². The lowest BCUT2D eigenvalue weighted by Gasteiger charge is -2.42. The molecule has 1 amide bonds. The molecule has 2 bridgehead atoms. The number of rotatable bonds is 6. The number of aromatic nitrogens is 1. The normalized spacial score (nSPS) is 25.5. The highest BCUT2D eigenvalue weighted by Crippen LogP contribution is 2.37. The number of hydrogen-bond acceptors (Lipinski definition) is 6. The van der Waals surface area contributed by atoms with Gasteiger partial charge in [-0.1, -0.05) is 30.0 Å². The van der Waals surface area contributed by atoms with E-state index in [-0.39, 0.29) is 11.5 Å². The van der Waals surface area contributed by atoms with Crippen molar-refractivity contribution in [1.82, 2.24) is 14.4 Å². The maximum Gasteiger partial charge on any atom is 0.267 e. The summed E-state index contributed by atoms with van der Waals surface area (Å²) in [6.45, 7) is 6.34. The first-order valence-corrected chi connectivity index (χ1v) is 11.1. The number of fused-ring (bicyclic) bond motifs is 4. The third kappa shape index (κ3) is 3.90. The first-order valence-electron chi connectivity index (χ1n) is 9.84. The van der Waals surface area contributed by atoms with Crippen LogP contribution in [0.25, 0.3) is 0 Å². The maximum atomic E-state index is 12.8. The van der Waals surface area contributed by atoms with Gasteiger partial charge in [-0.2, -0.15) is 0 Å². The first-order chi connectivity index (χ1) is 13.6. The molecule has 4 rings (SSSR count). The standard InChI is InChI=1S/C20H25N3O3S2/c1-2-26-8-4-7-22-19(25)17(28-20(22)27)13-21-10-14-9-15(12-21)16-5-3-6-18(24)23(16)11-14/h3,5-6,13-15H,2,4,7-12H2,1H3. The number of pyridine rings is 1. The predicted molar refractivity (Wildman–Crippen MR) is 114 cm³/mol. The SMILES string of the molecule is CCOCCCN1C(=O)C(=CN2CC3CC(C2)c2cccc(=O)n2C3)SC1=S. The van der Waals surface area contributed by atoms with Crippen LogP contribution >= 0.6 is 24.0 Å². The lowest BCUT2D eigenvalue weighted by atomic mass is 9.83. The Morgan fingerprint density at radius 2 is 2.14 bits per heavy atom. The zero-order chi connectivity index (χ0) is 19.7. The van der Waals surface area contributed by atoms with E-state index < -0.39 is 0 Å². The Kier molecular flexibility index (Phi) is 5.89. The van der Waals surface area contributed by atoms with Crippen molar-refractivity contribution in [2.45, 2.75) is 32.2 Å². The molecule has 6 nitrogen and oxygen atoms in total. The van der Waals surface area contributed by atoms with Gasteiger partial charge in [0.2, 0.25) is 0 Å². The number of hydrogen-bond donors (Lipinski definition) is 0. The number of thioether (sulfide) groups is 1. The van der Waals surface area contributed by atoms with Crippen molar-refractivity contribution in [3.63, 3.8) is 0 Å². The molecule has 3 aliphatic rings. The number of amides is 1. The van der Waals surface area contributed by atoms with E-state index in [2.05, 4.69) is 11.0 Å². The van der Waals surface area contributed by atoms with Gasteiger partial charge >= 0.3 is 0 Å². The minimum Gasteiger partial charge on any atom is -0.382 e. The van der Waals surface area contributed by atoms with Crippen LogP contribution in [0.5, 0.6) is 0 Å². The van der Waals surface area contributed by atoms with Crippen molar-refractivity contribution in [1.29, 1.82) is 0 Å². The summed E-state index contributed by atoms with van der Waals surface area (Å²) < 4.78 is 7.91. The summed E-state index contributed by atoms with van der Waals surface area (Å²) in [5.74, 6) is 0.756. The summed E-state index contributed by atoms with van der Waals surface area (Å²) in [7, 11) is 0. The van der Waals surface area contributed by atoms with E-state index in [4.69, 9.17) is 17.0 Å². The van der Waals surface area contributed by atoms with Crippen LogP contribution in [0.3, 0.4) is 0 Å². The minimum absolute atomic E-state index is 0.00106. The van der Waals surface area contributed by atoms with Gasteiger partial charge in [-0.05, 0) is 31.7 Å². The summed E-state index contributed by atoms with van der Waals surface area (Å²) in [5, 5.41) is 0. The van der Waals surface area contributed by atoms with E-state index in [1.807, 2.05) is 23.8 Å². The highest BCUT2D eigenvalue weighted by atomic mass is 32.2. The molecule has 2 fully saturated rings. The van der Waals surface area contributed by atoms with Crippen LogP contribution < -0.4 is 5.56 Å². The average Bonchev–Trinajstić information content (AvgIpc) is 2.93. The molecule has 0 spiro atoms. The van der Waals surface area contributed by atoms with Crippen LogP contribution in [0.2, 0.25) is 0 Å². The number of likely N-dealkylation sites (tertiary alicyclic amines) is 1. The summed E-state index contributed by atoms with van der Waals surface area (Å²) >= 11 is 6.80. The Labute approximate surface area is 174 Å². The molecular weight excluding hydrogens is 394 g/mol. The zero-order valence-electron chi connectivity index (χ0n) is 16.0. The molecular formula is C20H25N3O3S2. The monoisotopic (exact) mass is 419 g/mol. The third-order valence-corrected chi connectivity index (χ3v) is 6.92. The summed E-state index contributed by atoms with van der Waals surface area (Å²) in [6, 6.07) is 5.55. The smallest absolute Gasteiger partial charge is 0.267 e. The van der Waals surface area contributed by atoms with Crippen molar-refractivity contribution in [2.75, 3.05) is 32.8 Å². The Bertz CT molecular complexity index is 866. The van der Waals surface area contributed by atoms with Crippen LogP contribution in [-0.2, 0) is 16.1 Å². The Morgan fingerprint density at radius 3 is 2.96 bits per heavy atom. The first kappa shape index (κ1) is 19.7. The Balaban J connectivity index is 1.45. The molecule has 2 saturated heterocycles. The number of piperidine rings is 1. The van der Waals surface area contributed by atoms with Gasteiger partial charge < -0.3 is 14.2 Å². The molecule has 150 valence electrons. The molecule has 8 heteroatoms. The second kappa shape index (κ2) is 8.39. The number of nitrogens with zero attached hydrogens (tertiary/aromatic N) is 3. The molecule has 1 aromatic heterocycles. The van der Waals surface area contributed by atoms with Crippen LogP contribution in [0.1, 0.15) is 31.4 Å². The molecule has 1 aromatic rings. The lowest BCUT2D eigenvalue weighted by Crippen LogP contribution is -2.45. The Morgan fingerprint density at radius 1 is 1.29 bits per heavy atom. The van der Waals surface area contributed by atoms with Crippen molar-refractivity contribution in [3.05, 3.63) is 45.4 Å². The van der Waals surface area contributed by atoms with E-state index in [9.17, 15) is 9.59 Å². The van der Waals surface area contributed by atoms with Gasteiger partial charge in [-0.15, -0.1) is 0 Å². The molecule has 2 atom stereocenters. The molecule has 0 aliphatic carbocycles. The lowest BCUT2D eigenvalue weighted by molar-refractivity contribution is -0.122. The van der Waals surface area contributed by atoms with Crippen molar-refractivity contribution in [2.24, 2.45) is 5.92 Å². The molecule has 2 unspecified atom stereocenters. The highest BCUT2D eigenvalue weighted by Gasteiger charge is 2.36. The number of thiocarbonyl (C=S) groups is 1. The zero-order valence-corrected chi connectivity index (χ0v) is 17.6. The van der Waals surface area contributed by atoms with E-state index in [0.717, 1.165) is 38.2 Å². The number of carbonyl (C=O) groups excluding carboxylic acids is 1. The van der Waals surface area contributed by atoms with Gasteiger partial charge in [0.05, 0.1) is 4.91 Å². The number of carbonyl (C=O) groups is 1. The van der Waals surface area contributed by atoms with Gasteiger partial charge in [0.25, 0.3) is 11.5 Å². The molecule has 0 radical (unpaired) electrons. The molecule has 28 heavy (non-hydrogen) atoms.